The van der Waals surface area contributed by atoms with Gasteiger partial charge in [-0.15, -0.1) is 0 Å². The minimum absolute atomic E-state index is 0.252. The Balaban J connectivity index is 1.90. The third-order valence-electron chi connectivity index (χ3n) is 3.64. The van der Waals surface area contributed by atoms with Crippen LogP contribution < -0.4 is 5.63 Å². The van der Waals surface area contributed by atoms with Crippen molar-refractivity contribution < 1.29 is 4.42 Å². The SMILES string of the molecule is Cc1cccc2nc(-c3cncc(-n4ccnc4)c3)oc(=O)c12. The molecule has 4 aromatic rings. The zero-order valence-electron chi connectivity index (χ0n) is 12.3. The Kier molecular flexibility index (Phi) is 3.01. The summed E-state index contributed by atoms with van der Waals surface area (Å²) in [6.45, 7) is 1.86. The molecule has 0 fully saturated rings. The summed E-state index contributed by atoms with van der Waals surface area (Å²) in [7, 11) is 0. The standard InChI is InChI=1S/C17H12N4O2/c1-11-3-2-4-14-15(11)17(22)23-16(20-14)12-7-13(9-19-8-12)21-6-5-18-10-21/h2-10H,1H3. The Morgan fingerprint density at radius 1 is 1.17 bits per heavy atom. The predicted octanol–water partition coefficient (Wildman–Crippen LogP) is 2.74. The van der Waals surface area contributed by atoms with E-state index < -0.39 is 5.63 Å². The Labute approximate surface area is 131 Å². The molecule has 4 rings (SSSR count). The van der Waals surface area contributed by atoms with Gasteiger partial charge < -0.3 is 8.98 Å². The van der Waals surface area contributed by atoms with Crippen LogP contribution in [0.3, 0.4) is 0 Å². The Bertz CT molecular complexity index is 1050. The van der Waals surface area contributed by atoms with Gasteiger partial charge in [0, 0.05) is 18.6 Å². The number of hydrogen-bond acceptors (Lipinski definition) is 5. The van der Waals surface area contributed by atoms with Gasteiger partial charge in [-0.3, -0.25) is 4.98 Å². The maximum absolute atomic E-state index is 12.3. The van der Waals surface area contributed by atoms with E-state index in [9.17, 15) is 4.79 Å². The molecular formula is C17H12N4O2. The maximum Gasteiger partial charge on any atom is 0.347 e. The number of pyridine rings is 1. The molecule has 0 aliphatic carbocycles. The first kappa shape index (κ1) is 13.4. The molecule has 0 amide bonds. The fourth-order valence-electron chi connectivity index (χ4n) is 2.50. The van der Waals surface area contributed by atoms with E-state index >= 15 is 0 Å². The molecule has 0 radical (unpaired) electrons. The minimum atomic E-state index is -0.392. The molecule has 0 atom stereocenters. The van der Waals surface area contributed by atoms with Gasteiger partial charge in [-0.05, 0) is 24.6 Å². The van der Waals surface area contributed by atoms with E-state index in [4.69, 9.17) is 4.42 Å². The summed E-state index contributed by atoms with van der Waals surface area (Å²) >= 11 is 0. The largest absolute Gasteiger partial charge is 0.403 e. The average molecular weight is 304 g/mol. The highest BCUT2D eigenvalue weighted by Gasteiger charge is 2.11. The van der Waals surface area contributed by atoms with Crippen LogP contribution in [0.15, 0.2) is 64.6 Å². The van der Waals surface area contributed by atoms with E-state index in [1.165, 1.54) is 0 Å². The summed E-state index contributed by atoms with van der Waals surface area (Å²) in [5.41, 5.74) is 2.52. The molecule has 0 N–H and O–H groups in total. The topological polar surface area (TPSA) is 73.8 Å². The first-order valence-electron chi connectivity index (χ1n) is 7.06. The second kappa shape index (κ2) is 5.17. The number of benzene rings is 1. The second-order valence-electron chi connectivity index (χ2n) is 5.18. The molecule has 0 aliphatic heterocycles. The molecule has 23 heavy (non-hydrogen) atoms. The minimum Gasteiger partial charge on any atom is -0.403 e. The van der Waals surface area contributed by atoms with Gasteiger partial charge in [-0.2, -0.15) is 0 Å². The number of fused-ring (bicyclic) bond motifs is 1. The van der Waals surface area contributed by atoms with Crippen molar-refractivity contribution in [2.24, 2.45) is 0 Å². The first-order valence-corrected chi connectivity index (χ1v) is 7.06. The average Bonchev–Trinajstić information content (AvgIpc) is 3.09. The van der Waals surface area contributed by atoms with Gasteiger partial charge in [0.2, 0.25) is 5.89 Å². The molecule has 3 aromatic heterocycles. The van der Waals surface area contributed by atoms with Crippen LogP contribution in [-0.4, -0.2) is 19.5 Å². The van der Waals surface area contributed by atoms with Crippen LogP contribution in [0.25, 0.3) is 28.0 Å². The molecule has 0 saturated heterocycles. The van der Waals surface area contributed by atoms with Gasteiger partial charge >= 0.3 is 5.63 Å². The third-order valence-corrected chi connectivity index (χ3v) is 3.64. The van der Waals surface area contributed by atoms with Crippen LogP contribution in [0.5, 0.6) is 0 Å². The quantitative estimate of drug-likeness (QED) is 0.569. The Hall–Kier alpha value is -3.28. The van der Waals surface area contributed by atoms with Gasteiger partial charge in [-0.25, -0.2) is 14.8 Å². The van der Waals surface area contributed by atoms with Crippen molar-refractivity contribution in [1.29, 1.82) is 0 Å². The lowest BCUT2D eigenvalue weighted by atomic mass is 10.1. The highest BCUT2D eigenvalue weighted by molar-refractivity contribution is 5.81. The number of hydrogen-bond donors (Lipinski definition) is 0. The van der Waals surface area contributed by atoms with Crippen LogP contribution in [-0.2, 0) is 0 Å². The molecule has 3 heterocycles. The van der Waals surface area contributed by atoms with Crippen LogP contribution in [0.4, 0.5) is 0 Å². The smallest absolute Gasteiger partial charge is 0.347 e. The first-order chi connectivity index (χ1) is 11.2. The van der Waals surface area contributed by atoms with Gasteiger partial charge in [0.05, 0.1) is 34.7 Å². The van der Waals surface area contributed by atoms with E-state index in [0.29, 0.717) is 16.5 Å². The fraction of sp³-hybridized carbons (Fsp3) is 0.0588. The van der Waals surface area contributed by atoms with Crippen molar-refractivity contribution >= 4 is 10.9 Å². The number of rotatable bonds is 2. The van der Waals surface area contributed by atoms with Crippen LogP contribution in [0.2, 0.25) is 0 Å². The van der Waals surface area contributed by atoms with Gasteiger partial charge in [0.25, 0.3) is 0 Å². The molecule has 0 aliphatic rings. The number of nitrogens with zero attached hydrogens (tertiary/aromatic N) is 4. The lowest BCUT2D eigenvalue weighted by Gasteiger charge is -2.05. The van der Waals surface area contributed by atoms with E-state index in [1.54, 1.807) is 31.0 Å². The molecule has 0 spiro atoms. The summed E-state index contributed by atoms with van der Waals surface area (Å²) in [6, 6.07) is 7.38. The molecule has 6 heteroatoms. The van der Waals surface area contributed by atoms with Crippen molar-refractivity contribution in [3.63, 3.8) is 0 Å². The van der Waals surface area contributed by atoms with E-state index in [1.807, 2.05) is 35.9 Å². The molecule has 0 unspecified atom stereocenters. The monoisotopic (exact) mass is 304 g/mol. The molecule has 0 bridgehead atoms. The summed E-state index contributed by atoms with van der Waals surface area (Å²) in [5, 5.41) is 0.509. The third kappa shape index (κ3) is 2.30. The maximum atomic E-state index is 12.3. The highest BCUT2D eigenvalue weighted by atomic mass is 16.4. The second-order valence-corrected chi connectivity index (χ2v) is 5.18. The fourth-order valence-corrected chi connectivity index (χ4v) is 2.50. The van der Waals surface area contributed by atoms with Crippen molar-refractivity contribution in [3.05, 3.63) is 71.4 Å². The number of imidazole rings is 1. The summed E-state index contributed by atoms with van der Waals surface area (Å²) in [4.78, 5) is 24.9. The van der Waals surface area contributed by atoms with E-state index in [0.717, 1.165) is 11.3 Å². The van der Waals surface area contributed by atoms with Gasteiger partial charge in [0.1, 0.15) is 0 Å². The van der Waals surface area contributed by atoms with E-state index in [2.05, 4.69) is 15.0 Å². The number of aromatic nitrogens is 4. The van der Waals surface area contributed by atoms with Crippen molar-refractivity contribution in [2.45, 2.75) is 6.92 Å². The van der Waals surface area contributed by atoms with Gasteiger partial charge in [-0.1, -0.05) is 12.1 Å². The normalized spacial score (nSPS) is 11.0. The van der Waals surface area contributed by atoms with Crippen molar-refractivity contribution in [3.8, 4) is 17.1 Å². The molecule has 1 aromatic carbocycles. The summed E-state index contributed by atoms with van der Waals surface area (Å²) in [5.74, 6) is 0.252. The Morgan fingerprint density at radius 3 is 2.91 bits per heavy atom. The van der Waals surface area contributed by atoms with Crippen LogP contribution in [0, 0.1) is 6.92 Å². The molecule has 6 nitrogen and oxygen atoms in total. The van der Waals surface area contributed by atoms with Crippen LogP contribution in [0.1, 0.15) is 5.56 Å². The zero-order chi connectivity index (χ0) is 15.8. The molecule has 112 valence electrons. The van der Waals surface area contributed by atoms with Crippen molar-refractivity contribution in [1.82, 2.24) is 19.5 Å². The highest BCUT2D eigenvalue weighted by Crippen LogP contribution is 2.21. The lowest BCUT2D eigenvalue weighted by Crippen LogP contribution is -2.05. The lowest BCUT2D eigenvalue weighted by molar-refractivity contribution is 0.518. The molecule has 0 saturated carbocycles. The number of aryl methyl sites for hydroxylation is 1. The van der Waals surface area contributed by atoms with E-state index in [-0.39, 0.29) is 5.89 Å². The van der Waals surface area contributed by atoms with Crippen LogP contribution >= 0.6 is 0 Å². The summed E-state index contributed by atoms with van der Waals surface area (Å²) < 4.78 is 7.22. The summed E-state index contributed by atoms with van der Waals surface area (Å²) in [6.07, 6.45) is 8.49. The predicted molar refractivity (Wildman–Crippen MR) is 85.4 cm³/mol. The van der Waals surface area contributed by atoms with Crippen molar-refractivity contribution in [2.75, 3.05) is 0 Å². The molecular weight excluding hydrogens is 292 g/mol. The van der Waals surface area contributed by atoms with Gasteiger partial charge in [0.15, 0.2) is 0 Å². The Morgan fingerprint density at radius 2 is 2.09 bits per heavy atom. The zero-order valence-corrected chi connectivity index (χ0v) is 12.3.